The molecule has 5 heteroatoms. The summed E-state index contributed by atoms with van der Waals surface area (Å²) in [7, 11) is 0. The molecule has 23 heavy (non-hydrogen) atoms. The lowest BCUT2D eigenvalue weighted by molar-refractivity contribution is -0.570. The van der Waals surface area contributed by atoms with Gasteiger partial charge in [-0.2, -0.15) is 4.57 Å². The van der Waals surface area contributed by atoms with E-state index in [0.717, 1.165) is 27.0 Å². The van der Waals surface area contributed by atoms with Crippen LogP contribution in [0.15, 0.2) is 83.7 Å². The van der Waals surface area contributed by atoms with Crippen LogP contribution in [0, 0.1) is 0 Å². The van der Waals surface area contributed by atoms with E-state index < -0.39 is 0 Å². The number of hydrogen-bond acceptors (Lipinski definition) is 1. The van der Waals surface area contributed by atoms with Crippen molar-refractivity contribution in [3.8, 4) is 11.4 Å². The first kappa shape index (κ1) is 15.9. The maximum atomic E-state index is 4.56. The summed E-state index contributed by atoms with van der Waals surface area (Å²) >= 11 is 3.54. The van der Waals surface area contributed by atoms with Gasteiger partial charge in [-0.05, 0) is 42.5 Å². The molecule has 0 aliphatic rings. The minimum atomic E-state index is 0. The molecule has 0 N–H and O–H groups in total. The molecule has 0 spiro atoms. The molecule has 0 atom stereocenters. The summed E-state index contributed by atoms with van der Waals surface area (Å²) in [5, 5.41) is 0. The fourth-order valence-electron chi connectivity index (χ4n) is 2.60. The predicted molar refractivity (Wildman–Crippen MR) is 101 cm³/mol. The van der Waals surface area contributed by atoms with Crippen molar-refractivity contribution >= 4 is 44.1 Å². The number of nitrogens with zero attached hydrogens (tertiary/aromatic N) is 3. The average Bonchev–Trinajstić information content (AvgIpc) is 2.95. The van der Waals surface area contributed by atoms with Crippen LogP contribution in [-0.2, 0) is 0 Å². The Morgan fingerprint density at radius 3 is 2.52 bits per heavy atom. The first-order valence-corrected chi connectivity index (χ1v) is 7.81. The molecule has 0 saturated heterocycles. The third-order valence-corrected chi connectivity index (χ3v) is 4.10. The largest absolute Gasteiger partial charge is 0.307 e. The fraction of sp³-hybridized carbons (Fsp3) is 0. The minimum Gasteiger partial charge on any atom is -0.226 e. The van der Waals surface area contributed by atoms with Gasteiger partial charge in [0.1, 0.15) is 17.6 Å². The summed E-state index contributed by atoms with van der Waals surface area (Å²) in [5.41, 5.74) is 4.21. The normalized spacial score (nSPS) is 10.5. The van der Waals surface area contributed by atoms with Crippen LogP contribution >= 0.6 is 32.9 Å². The van der Waals surface area contributed by atoms with Gasteiger partial charge in [-0.1, -0.05) is 40.2 Å². The topological polar surface area (TPSA) is 21.7 Å². The Balaban J connectivity index is 0.00000156. The summed E-state index contributed by atoms with van der Waals surface area (Å²) in [6.45, 7) is 0. The molecule has 4 rings (SSSR count). The Bertz CT molecular complexity index is 949. The van der Waals surface area contributed by atoms with Crippen LogP contribution in [0.4, 0.5) is 0 Å². The van der Waals surface area contributed by atoms with Gasteiger partial charge >= 0.3 is 5.65 Å². The van der Waals surface area contributed by atoms with Crippen LogP contribution < -0.4 is 4.57 Å². The van der Waals surface area contributed by atoms with E-state index in [1.165, 1.54) is 0 Å². The quantitative estimate of drug-likeness (QED) is 0.423. The lowest BCUT2D eigenvalue weighted by Gasteiger charge is -1.99. The van der Waals surface area contributed by atoms with E-state index >= 15 is 0 Å². The molecule has 0 saturated carbocycles. The van der Waals surface area contributed by atoms with E-state index in [4.69, 9.17) is 0 Å². The summed E-state index contributed by atoms with van der Waals surface area (Å²) < 4.78 is 5.32. The summed E-state index contributed by atoms with van der Waals surface area (Å²) in [6, 6.07) is 22.6. The third kappa shape index (κ3) is 2.94. The molecule has 0 unspecified atom stereocenters. The average molecular weight is 432 g/mol. The van der Waals surface area contributed by atoms with Crippen LogP contribution in [-0.4, -0.2) is 9.55 Å². The second-order valence-corrected chi connectivity index (χ2v) is 5.93. The zero-order chi connectivity index (χ0) is 14.9. The zero-order valence-electron chi connectivity index (χ0n) is 12.1. The van der Waals surface area contributed by atoms with Crippen molar-refractivity contribution in [2.75, 3.05) is 0 Å². The Hall–Kier alpha value is -1.98. The third-order valence-electron chi connectivity index (χ3n) is 3.61. The Morgan fingerprint density at radius 2 is 1.74 bits per heavy atom. The molecule has 0 fully saturated rings. The highest BCUT2D eigenvalue weighted by atomic mass is 79.9. The number of aromatic nitrogens is 3. The van der Waals surface area contributed by atoms with Crippen LogP contribution in [0.5, 0.6) is 0 Å². The molecule has 2 aromatic carbocycles. The number of imidazole rings is 1. The maximum absolute atomic E-state index is 4.56. The molecule has 2 aromatic heterocycles. The molecule has 0 aliphatic heterocycles. The maximum Gasteiger partial charge on any atom is 0.307 e. The first-order chi connectivity index (χ1) is 10.8. The van der Waals surface area contributed by atoms with Gasteiger partial charge in [0, 0.05) is 4.47 Å². The first-order valence-electron chi connectivity index (χ1n) is 7.02. The molecule has 0 amide bonds. The molecule has 2 heterocycles. The summed E-state index contributed by atoms with van der Waals surface area (Å²) in [5.74, 6) is 0. The van der Waals surface area contributed by atoms with Crippen LogP contribution in [0.2, 0.25) is 0 Å². The number of halogens is 2. The number of pyridine rings is 1. The van der Waals surface area contributed by atoms with Crippen molar-refractivity contribution in [3.63, 3.8) is 0 Å². The standard InChI is InChI=1S/C18H13BrN3.BrH/c19-14-6-4-9-16(12-14)21-13-22(15-7-2-1-3-8-15)18-17(21)10-5-11-20-18;/h1-13H;1H/q+1;. The number of para-hydroxylation sites is 1. The van der Waals surface area contributed by atoms with Gasteiger partial charge in [0.05, 0.1) is 0 Å². The van der Waals surface area contributed by atoms with Crippen molar-refractivity contribution in [1.82, 2.24) is 9.55 Å². The van der Waals surface area contributed by atoms with Crippen LogP contribution in [0.1, 0.15) is 0 Å². The highest BCUT2D eigenvalue weighted by Crippen LogP contribution is 2.20. The van der Waals surface area contributed by atoms with Crippen molar-refractivity contribution in [2.24, 2.45) is 0 Å². The second-order valence-electron chi connectivity index (χ2n) is 5.02. The van der Waals surface area contributed by atoms with Gasteiger partial charge < -0.3 is 0 Å². The van der Waals surface area contributed by atoms with Crippen LogP contribution in [0.3, 0.4) is 0 Å². The van der Waals surface area contributed by atoms with E-state index in [2.05, 4.69) is 66.7 Å². The smallest absolute Gasteiger partial charge is 0.226 e. The lowest BCUT2D eigenvalue weighted by atomic mass is 10.3. The van der Waals surface area contributed by atoms with Gasteiger partial charge in [0.15, 0.2) is 5.52 Å². The van der Waals surface area contributed by atoms with E-state index in [1.54, 1.807) is 0 Å². The highest BCUT2D eigenvalue weighted by molar-refractivity contribution is 9.10. The molecule has 4 aromatic rings. The number of hydrogen-bond donors (Lipinski definition) is 0. The number of benzene rings is 2. The summed E-state index contributed by atoms with van der Waals surface area (Å²) in [6.07, 6.45) is 3.90. The van der Waals surface area contributed by atoms with Crippen molar-refractivity contribution in [1.29, 1.82) is 0 Å². The minimum absolute atomic E-state index is 0. The van der Waals surface area contributed by atoms with E-state index in [1.807, 2.05) is 42.6 Å². The van der Waals surface area contributed by atoms with E-state index in [9.17, 15) is 0 Å². The summed E-state index contributed by atoms with van der Waals surface area (Å²) in [4.78, 5) is 4.56. The second kappa shape index (κ2) is 6.64. The van der Waals surface area contributed by atoms with Gasteiger partial charge in [0.25, 0.3) is 0 Å². The Kier molecular flexibility index (Phi) is 4.59. The van der Waals surface area contributed by atoms with Gasteiger partial charge in [0.2, 0.25) is 6.33 Å². The van der Waals surface area contributed by atoms with Gasteiger partial charge in [-0.3, -0.25) is 0 Å². The van der Waals surface area contributed by atoms with Gasteiger partial charge in [-0.15, -0.1) is 22.0 Å². The molecule has 0 radical (unpaired) electrons. The molecular formula is C18H14Br2N3+. The van der Waals surface area contributed by atoms with Crippen molar-refractivity contribution < 1.29 is 4.57 Å². The molecule has 0 bridgehead atoms. The van der Waals surface area contributed by atoms with Crippen molar-refractivity contribution in [2.45, 2.75) is 0 Å². The lowest BCUT2D eigenvalue weighted by Crippen LogP contribution is -2.29. The van der Waals surface area contributed by atoms with Crippen LogP contribution in [0.25, 0.3) is 22.5 Å². The predicted octanol–water partition coefficient (Wildman–Crippen LogP) is 4.64. The molecule has 114 valence electrons. The fourth-order valence-corrected chi connectivity index (χ4v) is 2.99. The monoisotopic (exact) mass is 430 g/mol. The molecule has 0 aliphatic carbocycles. The molecular weight excluding hydrogens is 418 g/mol. The van der Waals surface area contributed by atoms with E-state index in [-0.39, 0.29) is 17.0 Å². The number of fused-ring (bicyclic) bond motifs is 1. The zero-order valence-corrected chi connectivity index (χ0v) is 15.4. The van der Waals surface area contributed by atoms with E-state index in [0.29, 0.717) is 0 Å². The highest BCUT2D eigenvalue weighted by Gasteiger charge is 2.18. The van der Waals surface area contributed by atoms with Gasteiger partial charge in [-0.25, -0.2) is 4.57 Å². The van der Waals surface area contributed by atoms with Crippen molar-refractivity contribution in [3.05, 3.63) is 83.7 Å². The Labute approximate surface area is 153 Å². The number of rotatable bonds is 2. The Morgan fingerprint density at radius 1 is 0.913 bits per heavy atom. The molecule has 3 nitrogen and oxygen atoms in total. The SMILES string of the molecule is Br.Brc1cccc(-n2c[n+](-c3ccccc3)c3ncccc32)c1.